The molecule has 1 aromatic heterocycles. The number of terminal acetylenes is 1. The molecule has 0 amide bonds. The van der Waals surface area contributed by atoms with Gasteiger partial charge in [-0.3, -0.25) is 14.9 Å². The highest BCUT2D eigenvalue weighted by Crippen LogP contribution is 2.30. The van der Waals surface area contributed by atoms with Crippen molar-refractivity contribution in [1.29, 1.82) is 0 Å². The van der Waals surface area contributed by atoms with Crippen molar-refractivity contribution in [2.45, 2.75) is 0 Å². The molecule has 0 saturated carbocycles. The van der Waals surface area contributed by atoms with Crippen LogP contribution in [0.1, 0.15) is 0 Å². The van der Waals surface area contributed by atoms with Crippen molar-refractivity contribution < 1.29 is 14.8 Å². The Morgan fingerprint density at radius 3 is 2.86 bits per heavy atom. The van der Waals surface area contributed by atoms with E-state index in [1.807, 2.05) is 0 Å². The van der Waals surface area contributed by atoms with Crippen molar-refractivity contribution in [2.75, 3.05) is 18.0 Å². The summed E-state index contributed by atoms with van der Waals surface area (Å²) >= 11 is 0. The van der Waals surface area contributed by atoms with Gasteiger partial charge in [-0.05, 0) is 6.07 Å². The summed E-state index contributed by atoms with van der Waals surface area (Å²) < 4.78 is 0. The predicted octanol–water partition coefficient (Wildman–Crippen LogP) is 1.67. The highest BCUT2D eigenvalue weighted by Gasteiger charge is 2.18. The van der Waals surface area contributed by atoms with Crippen LogP contribution in [0.15, 0.2) is 30.5 Å². The van der Waals surface area contributed by atoms with E-state index in [0.717, 1.165) is 0 Å². The molecule has 7 nitrogen and oxygen atoms in total. The molecule has 7 heteroatoms. The lowest BCUT2D eigenvalue weighted by Gasteiger charge is -2.21. The Balaban J connectivity index is 2.63. The van der Waals surface area contributed by atoms with Gasteiger partial charge in [0.25, 0.3) is 5.69 Å². The monoisotopic (exact) mass is 285 g/mol. The molecule has 0 aliphatic rings. The third kappa shape index (κ3) is 2.90. The molecule has 0 atom stereocenters. The van der Waals surface area contributed by atoms with Gasteiger partial charge in [0.2, 0.25) is 0 Å². The van der Waals surface area contributed by atoms with E-state index in [2.05, 4.69) is 10.9 Å². The molecular weight excluding hydrogens is 274 g/mol. The minimum atomic E-state index is -1.04. The summed E-state index contributed by atoms with van der Waals surface area (Å²) in [6.45, 7) is -0.222. The molecule has 0 fully saturated rings. The van der Waals surface area contributed by atoms with Crippen LogP contribution in [0.4, 0.5) is 11.4 Å². The average Bonchev–Trinajstić information content (AvgIpc) is 2.45. The third-order valence-corrected chi connectivity index (χ3v) is 2.87. The van der Waals surface area contributed by atoms with E-state index in [0.29, 0.717) is 11.1 Å². The van der Waals surface area contributed by atoms with Gasteiger partial charge in [0.1, 0.15) is 12.1 Å². The number of carboxylic acid groups (broad SMARTS) is 1. The van der Waals surface area contributed by atoms with Gasteiger partial charge in [0, 0.05) is 23.3 Å². The van der Waals surface area contributed by atoms with Crippen molar-refractivity contribution in [2.24, 2.45) is 0 Å². The number of benzene rings is 1. The number of aromatic nitrogens is 1. The second-order valence-corrected chi connectivity index (χ2v) is 4.21. The highest BCUT2D eigenvalue weighted by molar-refractivity contribution is 5.97. The van der Waals surface area contributed by atoms with Crippen molar-refractivity contribution in [3.8, 4) is 12.3 Å². The predicted molar refractivity (Wildman–Crippen MR) is 77.1 cm³/mol. The maximum absolute atomic E-state index is 11.0. The minimum absolute atomic E-state index is 0.0775. The van der Waals surface area contributed by atoms with Crippen LogP contribution >= 0.6 is 0 Å². The summed E-state index contributed by atoms with van der Waals surface area (Å²) in [7, 11) is 0. The largest absolute Gasteiger partial charge is 0.480 e. The first-order chi connectivity index (χ1) is 10.0. The van der Waals surface area contributed by atoms with Gasteiger partial charge >= 0.3 is 5.97 Å². The molecule has 0 unspecified atom stereocenters. The van der Waals surface area contributed by atoms with Gasteiger partial charge in [-0.25, -0.2) is 4.98 Å². The fourth-order valence-corrected chi connectivity index (χ4v) is 2.07. The fraction of sp³-hybridized carbons (Fsp3) is 0.143. The van der Waals surface area contributed by atoms with E-state index in [9.17, 15) is 14.9 Å². The lowest BCUT2D eigenvalue weighted by atomic mass is 10.1. The first-order valence-electron chi connectivity index (χ1n) is 5.97. The number of aliphatic carboxylic acids is 1. The van der Waals surface area contributed by atoms with E-state index in [4.69, 9.17) is 11.5 Å². The summed E-state index contributed by atoms with van der Waals surface area (Å²) in [5, 5.41) is 20.5. The zero-order chi connectivity index (χ0) is 15.4. The van der Waals surface area contributed by atoms with Gasteiger partial charge in [0.15, 0.2) is 0 Å². The van der Waals surface area contributed by atoms with Gasteiger partial charge in [-0.1, -0.05) is 18.1 Å². The van der Waals surface area contributed by atoms with Crippen LogP contribution in [-0.2, 0) is 4.79 Å². The number of carboxylic acids is 1. The lowest BCUT2D eigenvalue weighted by Crippen LogP contribution is -2.30. The van der Waals surface area contributed by atoms with Gasteiger partial charge in [-0.15, -0.1) is 6.42 Å². The Hall–Kier alpha value is -3.14. The molecule has 1 N–H and O–H groups in total. The smallest absolute Gasteiger partial charge is 0.323 e. The number of pyridine rings is 1. The zero-order valence-electron chi connectivity index (χ0n) is 10.9. The van der Waals surface area contributed by atoms with Crippen molar-refractivity contribution in [3.05, 3.63) is 40.6 Å². The number of anilines is 1. The molecule has 21 heavy (non-hydrogen) atoms. The van der Waals surface area contributed by atoms with E-state index in [1.165, 1.54) is 23.2 Å². The average molecular weight is 285 g/mol. The third-order valence-electron chi connectivity index (χ3n) is 2.87. The molecule has 0 spiro atoms. The van der Waals surface area contributed by atoms with Crippen LogP contribution in [0, 0.1) is 22.5 Å². The van der Waals surface area contributed by atoms with Crippen molar-refractivity contribution >= 4 is 28.2 Å². The molecule has 2 rings (SSSR count). The fourth-order valence-electron chi connectivity index (χ4n) is 2.07. The molecule has 0 saturated heterocycles. The molecule has 0 aliphatic carbocycles. The topological polar surface area (TPSA) is 96.6 Å². The number of para-hydroxylation sites is 1. The van der Waals surface area contributed by atoms with E-state index >= 15 is 0 Å². The molecule has 0 radical (unpaired) electrons. The summed E-state index contributed by atoms with van der Waals surface area (Å²) in [6, 6.07) is 6.12. The second kappa shape index (κ2) is 5.88. The number of nitrogens with zero attached hydrogens (tertiary/aromatic N) is 3. The maximum atomic E-state index is 11.0. The Bertz CT molecular complexity index is 751. The molecule has 2 aromatic rings. The van der Waals surface area contributed by atoms with E-state index < -0.39 is 10.9 Å². The van der Waals surface area contributed by atoms with Crippen LogP contribution in [0.3, 0.4) is 0 Å². The molecule has 1 aromatic carbocycles. The first-order valence-corrected chi connectivity index (χ1v) is 5.97. The van der Waals surface area contributed by atoms with Crippen LogP contribution in [0.5, 0.6) is 0 Å². The second-order valence-electron chi connectivity index (χ2n) is 4.21. The Morgan fingerprint density at radius 1 is 1.48 bits per heavy atom. The van der Waals surface area contributed by atoms with Gasteiger partial charge < -0.3 is 10.0 Å². The van der Waals surface area contributed by atoms with Crippen LogP contribution in [0.25, 0.3) is 10.9 Å². The first kappa shape index (κ1) is 14.3. The van der Waals surface area contributed by atoms with Gasteiger partial charge in [0.05, 0.1) is 11.5 Å². The summed E-state index contributed by atoms with van der Waals surface area (Å²) in [4.78, 5) is 26.9. The Labute approximate surface area is 120 Å². The van der Waals surface area contributed by atoms with Crippen molar-refractivity contribution in [3.63, 3.8) is 0 Å². The molecule has 0 bridgehead atoms. The van der Waals surface area contributed by atoms with Crippen LogP contribution < -0.4 is 4.90 Å². The number of carbonyl (C=O) groups is 1. The van der Waals surface area contributed by atoms with E-state index in [1.54, 1.807) is 12.1 Å². The SMILES string of the molecule is C#CCN(CC(=O)O)c1ccnc2c([N+](=O)[O-])cccc12. The molecule has 1 heterocycles. The molecular formula is C14H11N3O4. The molecule has 0 aliphatic heterocycles. The molecule has 106 valence electrons. The van der Waals surface area contributed by atoms with Gasteiger partial charge in [-0.2, -0.15) is 0 Å². The zero-order valence-corrected chi connectivity index (χ0v) is 10.9. The highest BCUT2D eigenvalue weighted by atomic mass is 16.6. The number of fused-ring (bicyclic) bond motifs is 1. The number of nitro groups is 1. The quantitative estimate of drug-likeness (QED) is 0.510. The number of nitro benzene ring substituents is 1. The minimum Gasteiger partial charge on any atom is -0.480 e. The number of non-ortho nitro benzene ring substituents is 1. The number of hydrogen-bond acceptors (Lipinski definition) is 5. The summed E-state index contributed by atoms with van der Waals surface area (Å²) in [6.07, 6.45) is 6.66. The van der Waals surface area contributed by atoms with Crippen LogP contribution in [-0.4, -0.2) is 34.1 Å². The standard InChI is InChI=1S/C14H11N3O4/c1-2-8-16(9-13(18)19)11-6-7-15-14-10(11)4-3-5-12(14)17(20)21/h1,3-7H,8-9H2,(H,18,19). The van der Waals surface area contributed by atoms with E-state index in [-0.39, 0.29) is 24.3 Å². The number of hydrogen-bond donors (Lipinski definition) is 1. The van der Waals surface area contributed by atoms with Crippen molar-refractivity contribution in [1.82, 2.24) is 4.98 Å². The number of rotatable bonds is 5. The summed E-state index contributed by atoms with van der Waals surface area (Å²) in [5.41, 5.74) is 0.571. The normalized spacial score (nSPS) is 10.0. The Kier molecular flexibility index (Phi) is 4.00. The lowest BCUT2D eigenvalue weighted by molar-refractivity contribution is -0.383. The summed E-state index contributed by atoms with van der Waals surface area (Å²) in [5.74, 6) is 1.34. The Morgan fingerprint density at radius 2 is 2.24 bits per heavy atom. The van der Waals surface area contributed by atoms with Crippen LogP contribution in [0.2, 0.25) is 0 Å². The maximum Gasteiger partial charge on any atom is 0.323 e.